The van der Waals surface area contributed by atoms with E-state index in [9.17, 15) is 22.4 Å². The second kappa shape index (κ2) is 4.49. The Labute approximate surface area is 103 Å². The Bertz CT molecular complexity index is 591. The summed E-state index contributed by atoms with van der Waals surface area (Å²) in [5, 5.41) is 1.37. The summed E-state index contributed by atoms with van der Waals surface area (Å²) in [6, 6.07) is 2.34. The summed E-state index contributed by atoms with van der Waals surface area (Å²) in [5.74, 6) is -0.974. The van der Waals surface area contributed by atoms with Crippen LogP contribution in [-0.2, 0) is 6.18 Å². The molecule has 0 saturated heterocycles. The summed E-state index contributed by atoms with van der Waals surface area (Å²) in [4.78, 5) is 14.2. The quantitative estimate of drug-likeness (QED) is 0.616. The molecule has 0 fully saturated rings. The molecule has 94 valence electrons. The Morgan fingerprint density at radius 2 is 2.00 bits per heavy atom. The van der Waals surface area contributed by atoms with E-state index in [1.165, 1.54) is 5.38 Å². The van der Waals surface area contributed by atoms with Crippen LogP contribution in [0.15, 0.2) is 23.6 Å². The Hall–Kier alpha value is -1.76. The van der Waals surface area contributed by atoms with Gasteiger partial charge in [0.1, 0.15) is 16.5 Å². The average molecular weight is 275 g/mol. The van der Waals surface area contributed by atoms with Crippen molar-refractivity contribution in [2.75, 3.05) is 0 Å². The molecule has 1 aromatic heterocycles. The summed E-state index contributed by atoms with van der Waals surface area (Å²) in [6.45, 7) is 0. The minimum absolute atomic E-state index is 0.0319. The van der Waals surface area contributed by atoms with Crippen molar-refractivity contribution in [3.8, 4) is 10.6 Å². The van der Waals surface area contributed by atoms with E-state index in [1.807, 2.05) is 0 Å². The number of benzene rings is 1. The zero-order valence-corrected chi connectivity index (χ0v) is 9.48. The predicted molar refractivity (Wildman–Crippen MR) is 57.9 cm³/mol. The molecule has 0 saturated carbocycles. The van der Waals surface area contributed by atoms with Gasteiger partial charge in [0.15, 0.2) is 6.29 Å². The first kappa shape index (κ1) is 12.7. The van der Waals surface area contributed by atoms with Crippen LogP contribution in [0.2, 0.25) is 0 Å². The number of hydrogen-bond acceptors (Lipinski definition) is 3. The molecule has 1 heterocycles. The van der Waals surface area contributed by atoms with Crippen molar-refractivity contribution in [1.82, 2.24) is 4.98 Å². The van der Waals surface area contributed by atoms with Crippen molar-refractivity contribution in [2.24, 2.45) is 0 Å². The molecular formula is C11H5F4NOS. The van der Waals surface area contributed by atoms with Gasteiger partial charge in [-0.3, -0.25) is 4.79 Å². The Morgan fingerprint density at radius 3 is 2.56 bits per heavy atom. The lowest BCUT2D eigenvalue weighted by Crippen LogP contribution is -2.07. The number of halogens is 4. The molecule has 0 amide bonds. The van der Waals surface area contributed by atoms with Crippen molar-refractivity contribution in [3.63, 3.8) is 0 Å². The van der Waals surface area contributed by atoms with Gasteiger partial charge in [-0.25, -0.2) is 9.37 Å². The monoisotopic (exact) mass is 275 g/mol. The van der Waals surface area contributed by atoms with Gasteiger partial charge in [-0.15, -0.1) is 11.3 Å². The van der Waals surface area contributed by atoms with Crippen LogP contribution in [0.1, 0.15) is 16.1 Å². The molecule has 2 aromatic rings. The molecule has 0 atom stereocenters. The molecule has 1 aromatic carbocycles. The SMILES string of the molecule is O=Cc1csc(-c2ccc(F)cc2C(F)(F)F)n1. The number of alkyl halides is 3. The maximum absolute atomic E-state index is 12.9. The number of carbonyl (C=O) groups is 1. The molecule has 2 rings (SSSR count). The number of rotatable bonds is 2. The Morgan fingerprint density at radius 1 is 1.28 bits per heavy atom. The standard InChI is InChI=1S/C11H5F4NOS/c12-6-1-2-8(9(3-6)11(13,14)15)10-16-7(4-17)5-18-10/h1-5H. The van der Waals surface area contributed by atoms with Crippen LogP contribution in [0.4, 0.5) is 17.6 Å². The topological polar surface area (TPSA) is 30.0 Å². The van der Waals surface area contributed by atoms with Gasteiger partial charge >= 0.3 is 6.18 Å². The van der Waals surface area contributed by atoms with Crippen molar-refractivity contribution in [1.29, 1.82) is 0 Å². The minimum atomic E-state index is -4.68. The molecule has 0 unspecified atom stereocenters. The van der Waals surface area contributed by atoms with Gasteiger partial charge < -0.3 is 0 Å². The lowest BCUT2D eigenvalue weighted by Gasteiger charge is -2.10. The van der Waals surface area contributed by atoms with E-state index >= 15 is 0 Å². The number of hydrogen-bond donors (Lipinski definition) is 0. The van der Waals surface area contributed by atoms with Crippen molar-refractivity contribution >= 4 is 17.6 Å². The number of carbonyl (C=O) groups excluding carboxylic acids is 1. The highest BCUT2D eigenvalue weighted by molar-refractivity contribution is 7.13. The fraction of sp³-hybridized carbons (Fsp3) is 0.0909. The molecule has 0 N–H and O–H groups in total. The van der Waals surface area contributed by atoms with Crippen molar-refractivity contribution in [2.45, 2.75) is 6.18 Å². The van der Waals surface area contributed by atoms with Gasteiger partial charge in [0.2, 0.25) is 0 Å². The fourth-order valence-corrected chi connectivity index (χ4v) is 2.21. The first-order chi connectivity index (χ1) is 8.41. The predicted octanol–water partition coefficient (Wildman–Crippen LogP) is 3.78. The van der Waals surface area contributed by atoms with Crippen LogP contribution < -0.4 is 0 Å². The van der Waals surface area contributed by atoms with E-state index in [-0.39, 0.29) is 16.3 Å². The van der Waals surface area contributed by atoms with Crippen molar-refractivity contribution < 1.29 is 22.4 Å². The third-order valence-electron chi connectivity index (χ3n) is 2.16. The number of thiazole rings is 1. The molecule has 2 nitrogen and oxygen atoms in total. The van der Waals surface area contributed by atoms with E-state index in [1.54, 1.807) is 0 Å². The van der Waals surface area contributed by atoms with Crippen LogP contribution in [0.5, 0.6) is 0 Å². The lowest BCUT2D eigenvalue weighted by molar-refractivity contribution is -0.137. The number of aromatic nitrogens is 1. The highest BCUT2D eigenvalue weighted by atomic mass is 32.1. The normalized spacial score (nSPS) is 11.6. The number of aldehydes is 1. The van der Waals surface area contributed by atoms with E-state index in [2.05, 4.69) is 4.98 Å². The van der Waals surface area contributed by atoms with E-state index < -0.39 is 17.6 Å². The smallest absolute Gasteiger partial charge is 0.296 e. The zero-order valence-electron chi connectivity index (χ0n) is 8.66. The van der Waals surface area contributed by atoms with Gasteiger partial charge in [-0.2, -0.15) is 13.2 Å². The second-order valence-electron chi connectivity index (χ2n) is 3.38. The summed E-state index contributed by atoms with van der Waals surface area (Å²) in [6.07, 6.45) is -4.23. The summed E-state index contributed by atoms with van der Waals surface area (Å²) in [7, 11) is 0. The highest BCUT2D eigenvalue weighted by Crippen LogP contribution is 2.38. The van der Waals surface area contributed by atoms with Crippen LogP contribution in [0.25, 0.3) is 10.6 Å². The van der Waals surface area contributed by atoms with E-state index in [0.717, 1.165) is 23.5 Å². The Balaban J connectivity index is 2.60. The minimum Gasteiger partial charge on any atom is -0.296 e. The molecule has 0 radical (unpaired) electrons. The summed E-state index contributed by atoms with van der Waals surface area (Å²) < 4.78 is 51.1. The van der Waals surface area contributed by atoms with E-state index in [4.69, 9.17) is 0 Å². The first-order valence-corrected chi connectivity index (χ1v) is 5.57. The molecule has 0 aliphatic rings. The molecule has 7 heteroatoms. The lowest BCUT2D eigenvalue weighted by atomic mass is 10.1. The molecule has 0 aliphatic carbocycles. The molecule has 18 heavy (non-hydrogen) atoms. The van der Waals surface area contributed by atoms with E-state index in [0.29, 0.717) is 12.4 Å². The third-order valence-corrected chi connectivity index (χ3v) is 3.05. The average Bonchev–Trinajstić information content (AvgIpc) is 2.76. The molecular weight excluding hydrogens is 270 g/mol. The molecule has 0 bridgehead atoms. The summed E-state index contributed by atoms with van der Waals surface area (Å²) in [5.41, 5.74) is -1.29. The van der Waals surface area contributed by atoms with Crippen LogP contribution >= 0.6 is 11.3 Å². The van der Waals surface area contributed by atoms with Crippen LogP contribution in [-0.4, -0.2) is 11.3 Å². The van der Waals surface area contributed by atoms with Crippen LogP contribution in [0, 0.1) is 5.82 Å². The fourth-order valence-electron chi connectivity index (χ4n) is 1.40. The van der Waals surface area contributed by atoms with Gasteiger partial charge in [0.05, 0.1) is 5.56 Å². The van der Waals surface area contributed by atoms with Gasteiger partial charge in [0, 0.05) is 10.9 Å². The second-order valence-corrected chi connectivity index (χ2v) is 4.24. The zero-order chi connectivity index (χ0) is 13.3. The molecule has 0 spiro atoms. The maximum Gasteiger partial charge on any atom is 0.417 e. The van der Waals surface area contributed by atoms with Crippen molar-refractivity contribution in [3.05, 3.63) is 40.7 Å². The summed E-state index contributed by atoms with van der Waals surface area (Å²) >= 11 is 0.899. The van der Waals surface area contributed by atoms with Gasteiger partial charge in [-0.1, -0.05) is 0 Å². The van der Waals surface area contributed by atoms with Gasteiger partial charge in [0.25, 0.3) is 0 Å². The van der Waals surface area contributed by atoms with Gasteiger partial charge in [-0.05, 0) is 18.2 Å². The maximum atomic E-state index is 12.9. The Kier molecular flexibility index (Phi) is 3.16. The largest absolute Gasteiger partial charge is 0.417 e. The number of nitrogens with zero attached hydrogens (tertiary/aromatic N) is 1. The first-order valence-electron chi connectivity index (χ1n) is 4.69. The third kappa shape index (κ3) is 2.40. The highest BCUT2D eigenvalue weighted by Gasteiger charge is 2.34. The van der Waals surface area contributed by atoms with Crippen LogP contribution in [0.3, 0.4) is 0 Å². The molecule has 0 aliphatic heterocycles.